The summed E-state index contributed by atoms with van der Waals surface area (Å²) in [5.41, 5.74) is 0. The molecule has 0 spiro atoms. The van der Waals surface area contributed by atoms with Crippen molar-refractivity contribution in [2.75, 3.05) is 0 Å². The molecule has 0 aromatic heterocycles. The van der Waals surface area contributed by atoms with Gasteiger partial charge in [0.05, 0.1) is 0 Å². The van der Waals surface area contributed by atoms with Crippen LogP contribution in [0.3, 0.4) is 0 Å². The smallest absolute Gasteiger partial charge is 0 e. The molecule has 0 nitrogen and oxygen atoms in total. The molecule has 0 bridgehead atoms. The first-order valence-electron chi connectivity index (χ1n) is 0. The van der Waals surface area contributed by atoms with Gasteiger partial charge in [-0.15, -0.1) is 0 Å². The molecule has 0 rings (SSSR count). The number of rotatable bonds is 0. The third-order valence-electron chi connectivity index (χ3n) is 0. The van der Waals surface area contributed by atoms with Gasteiger partial charge in [-0.2, -0.15) is 0 Å². The van der Waals surface area contributed by atoms with Gasteiger partial charge in [0, 0.05) is 95.1 Å². The van der Waals surface area contributed by atoms with Crippen LogP contribution in [0.4, 0.5) is 0 Å². The zero-order valence-corrected chi connectivity index (χ0v) is 13.1. The summed E-state index contributed by atoms with van der Waals surface area (Å²) in [4.78, 5) is 0. The van der Waals surface area contributed by atoms with Crippen LogP contribution in [0.25, 0.3) is 0 Å². The normalized spacial score (nSPS) is 0. The van der Waals surface area contributed by atoms with Crippen LogP contribution in [0.15, 0.2) is 0 Å². The van der Waals surface area contributed by atoms with Crippen molar-refractivity contribution in [3.63, 3.8) is 0 Å². The molecule has 0 aliphatic rings. The fraction of sp³-hybridized carbons (Fsp3) is 0. The van der Waals surface area contributed by atoms with Crippen molar-refractivity contribution in [2.45, 2.75) is 0 Å². The van der Waals surface area contributed by atoms with Gasteiger partial charge in [-0.25, -0.2) is 0 Å². The molecule has 25 valence electrons. The van der Waals surface area contributed by atoms with Gasteiger partial charge >= 0.3 is 0 Å². The Morgan fingerprint density at radius 1 is 0.500 bits per heavy atom. The van der Waals surface area contributed by atoms with Gasteiger partial charge in [0.25, 0.3) is 0 Å². The van der Waals surface area contributed by atoms with Crippen molar-refractivity contribution in [3.8, 4) is 0 Å². The van der Waals surface area contributed by atoms with E-state index in [1.807, 2.05) is 0 Å². The first-order chi connectivity index (χ1) is 0. The van der Waals surface area contributed by atoms with E-state index in [0.717, 1.165) is 0 Å². The summed E-state index contributed by atoms with van der Waals surface area (Å²) in [7, 11) is 0. The van der Waals surface area contributed by atoms with E-state index in [1.165, 1.54) is 0 Å². The molecule has 0 amide bonds. The molecule has 0 N–H and O–H groups in total. The third-order valence-corrected chi connectivity index (χ3v) is 0. The Labute approximate surface area is 93.2 Å². The molecule has 9 radical (unpaired) electrons. The maximum absolute atomic E-state index is 0. The molecule has 0 aliphatic heterocycles. The van der Waals surface area contributed by atoms with E-state index in [4.69, 9.17) is 0 Å². The van der Waals surface area contributed by atoms with Crippen LogP contribution >= 0.6 is 0 Å². The second-order valence-electron chi connectivity index (χ2n) is 0. The van der Waals surface area contributed by atoms with Crippen LogP contribution in [0.2, 0.25) is 0 Å². The minimum absolute atomic E-state index is 0. The van der Waals surface area contributed by atoms with Gasteiger partial charge in [-0.1, -0.05) is 0 Å². The molecule has 4 heteroatoms. The van der Waals surface area contributed by atoms with Crippen molar-refractivity contribution in [1.29, 1.82) is 0 Å². The molecular weight excluding hydrogens is 686 g/mol. The summed E-state index contributed by atoms with van der Waals surface area (Å²) >= 11 is 0. The van der Waals surface area contributed by atoms with E-state index < -0.39 is 0 Å². The topological polar surface area (TPSA) is 0 Å². The Morgan fingerprint density at radius 2 is 0.500 bits per heavy atom. The molecule has 0 aromatic carbocycles. The van der Waals surface area contributed by atoms with Crippen molar-refractivity contribution < 1.29 is 16.5 Å². The van der Waals surface area contributed by atoms with Crippen LogP contribution in [0, 0.1) is 0 Å². The summed E-state index contributed by atoms with van der Waals surface area (Å²) in [6.45, 7) is 0. The number of hydrogen-bond acceptors (Lipinski definition) is 0. The van der Waals surface area contributed by atoms with Crippen molar-refractivity contribution in [3.05, 3.63) is 0 Å². The summed E-state index contributed by atoms with van der Waals surface area (Å²) in [5, 5.41) is 0. The van der Waals surface area contributed by atoms with E-state index in [2.05, 4.69) is 0 Å². The van der Waals surface area contributed by atoms with Gasteiger partial charge in [0.2, 0.25) is 0 Å². The molecule has 4 heavy (non-hydrogen) atoms. The predicted molar refractivity (Wildman–Crippen MR) is 17.3 cm³/mol. The molecule has 0 unspecified atom stereocenters. The standard InChI is InChI=1S/3Bi.Ni. The monoisotopic (exact) mass is 685 g/mol. The van der Waals surface area contributed by atoms with Gasteiger partial charge in [-0.3, -0.25) is 0 Å². The number of hydrogen-bond donors (Lipinski definition) is 0. The second-order valence-corrected chi connectivity index (χ2v) is 0. The molecule has 0 atom stereocenters. The second kappa shape index (κ2) is 16.4. The first kappa shape index (κ1) is 27.3. The Hall–Kier alpha value is 3.14. The fourth-order valence-electron chi connectivity index (χ4n) is 0. The average molecular weight is 686 g/mol. The van der Waals surface area contributed by atoms with Gasteiger partial charge in [-0.05, 0) is 0 Å². The van der Waals surface area contributed by atoms with Gasteiger partial charge in [0.15, 0.2) is 0 Å². The van der Waals surface area contributed by atoms with Crippen molar-refractivity contribution >= 4 is 78.6 Å². The molecule has 0 saturated heterocycles. The molecule has 0 fully saturated rings. The molecule has 0 aliphatic carbocycles. The Balaban J connectivity index is 0. The SMILES string of the molecule is [Bi].[Bi].[Bi].[Ni]. The molecular formula is Bi3Ni. The molecule has 0 heterocycles. The van der Waals surface area contributed by atoms with Crippen LogP contribution in [-0.4, -0.2) is 78.6 Å². The van der Waals surface area contributed by atoms with Gasteiger partial charge < -0.3 is 0 Å². The van der Waals surface area contributed by atoms with E-state index in [1.54, 1.807) is 0 Å². The van der Waals surface area contributed by atoms with Crippen LogP contribution in [-0.2, 0) is 16.5 Å². The quantitative estimate of drug-likeness (QED) is 0.283. The van der Waals surface area contributed by atoms with E-state index in [0.29, 0.717) is 0 Å². The zero-order valence-electron chi connectivity index (χ0n) is 1.66. The maximum atomic E-state index is 0. The Kier molecular flexibility index (Phi) is 112. The zero-order chi connectivity index (χ0) is 0. The first-order valence-corrected chi connectivity index (χ1v) is 0. The predicted octanol–water partition coefficient (Wildman–Crippen LogP) is -1.14. The van der Waals surface area contributed by atoms with Crippen molar-refractivity contribution in [1.82, 2.24) is 0 Å². The average Bonchev–Trinajstić information content (AvgIpc) is 0. The maximum Gasteiger partial charge on any atom is 0 e. The summed E-state index contributed by atoms with van der Waals surface area (Å²) < 4.78 is 0. The van der Waals surface area contributed by atoms with Crippen LogP contribution in [0.1, 0.15) is 0 Å². The van der Waals surface area contributed by atoms with Gasteiger partial charge in [0.1, 0.15) is 0 Å². The Morgan fingerprint density at radius 3 is 0.500 bits per heavy atom. The fourth-order valence-corrected chi connectivity index (χ4v) is 0. The third kappa shape index (κ3) is 8.94. The molecule has 0 aromatic rings. The van der Waals surface area contributed by atoms with Crippen molar-refractivity contribution in [2.24, 2.45) is 0 Å². The largest absolute Gasteiger partial charge is 0 e. The Bertz CT molecular complexity index is 3.25. The molecule has 0 saturated carbocycles. The van der Waals surface area contributed by atoms with E-state index in [-0.39, 0.29) is 95.1 Å². The van der Waals surface area contributed by atoms with E-state index >= 15 is 0 Å². The summed E-state index contributed by atoms with van der Waals surface area (Å²) in [6, 6.07) is 0. The summed E-state index contributed by atoms with van der Waals surface area (Å²) in [6.07, 6.45) is 0. The minimum Gasteiger partial charge on any atom is 0 e. The van der Waals surface area contributed by atoms with Crippen LogP contribution in [0.5, 0.6) is 0 Å². The van der Waals surface area contributed by atoms with E-state index in [9.17, 15) is 0 Å². The van der Waals surface area contributed by atoms with Crippen LogP contribution < -0.4 is 0 Å². The summed E-state index contributed by atoms with van der Waals surface area (Å²) in [5.74, 6) is 0. The minimum atomic E-state index is 0.